The van der Waals surface area contributed by atoms with Crippen LogP contribution >= 0.6 is 11.3 Å². The van der Waals surface area contributed by atoms with E-state index in [4.69, 9.17) is 4.98 Å². The van der Waals surface area contributed by atoms with Crippen LogP contribution < -0.4 is 5.32 Å². The molecule has 0 radical (unpaired) electrons. The molecular formula is C26H24N2OS. The number of carbonyl (C=O) groups is 1. The van der Waals surface area contributed by atoms with E-state index in [-0.39, 0.29) is 17.7 Å². The van der Waals surface area contributed by atoms with E-state index in [1.807, 2.05) is 78.9 Å². The van der Waals surface area contributed by atoms with E-state index >= 15 is 0 Å². The van der Waals surface area contributed by atoms with Gasteiger partial charge in [-0.3, -0.25) is 4.79 Å². The SMILES string of the molecule is CC(C)C(C(=O)Nc1nc(-c2ccccc2)c(-c2ccccc2)s1)c1ccccc1. The monoisotopic (exact) mass is 412 g/mol. The Balaban J connectivity index is 1.69. The molecule has 0 aliphatic carbocycles. The van der Waals surface area contributed by atoms with Gasteiger partial charge in [-0.2, -0.15) is 0 Å². The van der Waals surface area contributed by atoms with Crippen molar-refractivity contribution in [2.75, 3.05) is 5.32 Å². The minimum absolute atomic E-state index is 0.0239. The predicted octanol–water partition coefficient (Wildman–Crippen LogP) is 6.86. The van der Waals surface area contributed by atoms with Crippen molar-refractivity contribution in [3.63, 3.8) is 0 Å². The molecule has 4 aromatic rings. The van der Waals surface area contributed by atoms with Gasteiger partial charge in [-0.05, 0) is 17.0 Å². The van der Waals surface area contributed by atoms with E-state index < -0.39 is 0 Å². The van der Waals surface area contributed by atoms with Gasteiger partial charge in [0, 0.05) is 5.56 Å². The van der Waals surface area contributed by atoms with Crippen LogP contribution in [0.25, 0.3) is 21.7 Å². The van der Waals surface area contributed by atoms with Gasteiger partial charge >= 0.3 is 0 Å². The minimum Gasteiger partial charge on any atom is -0.301 e. The van der Waals surface area contributed by atoms with Crippen molar-refractivity contribution in [1.29, 1.82) is 0 Å². The van der Waals surface area contributed by atoms with Crippen LogP contribution in [0.4, 0.5) is 5.13 Å². The smallest absolute Gasteiger partial charge is 0.233 e. The number of nitrogens with one attached hydrogen (secondary N) is 1. The number of carbonyl (C=O) groups excluding carboxylic acids is 1. The number of hydrogen-bond acceptors (Lipinski definition) is 3. The maximum absolute atomic E-state index is 13.2. The molecule has 0 saturated carbocycles. The fourth-order valence-corrected chi connectivity index (χ4v) is 4.63. The summed E-state index contributed by atoms with van der Waals surface area (Å²) in [5, 5.41) is 3.71. The van der Waals surface area contributed by atoms with Crippen LogP contribution in [0.5, 0.6) is 0 Å². The highest BCUT2D eigenvalue weighted by atomic mass is 32.1. The molecule has 0 saturated heterocycles. The lowest BCUT2D eigenvalue weighted by Gasteiger charge is -2.19. The van der Waals surface area contributed by atoms with Gasteiger partial charge in [-0.1, -0.05) is 116 Å². The Morgan fingerprint density at radius 1 is 0.800 bits per heavy atom. The zero-order valence-corrected chi connectivity index (χ0v) is 17.9. The zero-order chi connectivity index (χ0) is 20.9. The van der Waals surface area contributed by atoms with Crippen LogP contribution in [0.15, 0.2) is 91.0 Å². The van der Waals surface area contributed by atoms with Gasteiger partial charge in [0.05, 0.1) is 16.5 Å². The molecule has 0 aliphatic heterocycles. The van der Waals surface area contributed by atoms with Gasteiger partial charge in [-0.15, -0.1) is 0 Å². The number of nitrogens with zero attached hydrogens (tertiary/aromatic N) is 1. The summed E-state index contributed by atoms with van der Waals surface area (Å²) in [6.45, 7) is 4.15. The van der Waals surface area contributed by atoms with Crippen LogP contribution in [0.3, 0.4) is 0 Å². The van der Waals surface area contributed by atoms with Gasteiger partial charge in [0.2, 0.25) is 5.91 Å². The largest absolute Gasteiger partial charge is 0.301 e. The minimum atomic E-state index is -0.226. The first-order valence-corrected chi connectivity index (χ1v) is 10.9. The number of aromatic nitrogens is 1. The molecule has 1 N–H and O–H groups in total. The number of thiazole rings is 1. The van der Waals surface area contributed by atoms with E-state index in [9.17, 15) is 4.79 Å². The fourth-order valence-electron chi connectivity index (χ4n) is 3.63. The molecule has 4 heteroatoms. The van der Waals surface area contributed by atoms with Crippen molar-refractivity contribution in [2.24, 2.45) is 5.92 Å². The van der Waals surface area contributed by atoms with Crippen molar-refractivity contribution in [3.05, 3.63) is 96.6 Å². The summed E-state index contributed by atoms with van der Waals surface area (Å²) in [6.07, 6.45) is 0. The van der Waals surface area contributed by atoms with Crippen LogP contribution in [-0.4, -0.2) is 10.9 Å². The molecule has 3 nitrogen and oxygen atoms in total. The maximum atomic E-state index is 13.2. The Hall–Kier alpha value is -3.24. The van der Waals surface area contributed by atoms with Crippen molar-refractivity contribution >= 4 is 22.4 Å². The second-order valence-corrected chi connectivity index (χ2v) is 8.55. The van der Waals surface area contributed by atoms with Gasteiger partial charge in [-0.25, -0.2) is 4.98 Å². The number of amides is 1. The Morgan fingerprint density at radius 3 is 1.90 bits per heavy atom. The molecule has 1 atom stereocenters. The first-order chi connectivity index (χ1) is 14.6. The molecule has 30 heavy (non-hydrogen) atoms. The highest BCUT2D eigenvalue weighted by molar-refractivity contribution is 7.19. The fraction of sp³-hybridized carbons (Fsp3) is 0.154. The first-order valence-electron chi connectivity index (χ1n) is 10.1. The Morgan fingerprint density at radius 2 is 1.33 bits per heavy atom. The summed E-state index contributed by atoms with van der Waals surface area (Å²) >= 11 is 1.52. The van der Waals surface area contributed by atoms with Crippen LogP contribution in [-0.2, 0) is 4.79 Å². The lowest BCUT2D eigenvalue weighted by molar-refractivity contribution is -0.118. The molecule has 150 valence electrons. The molecule has 1 aromatic heterocycles. The molecule has 1 heterocycles. The van der Waals surface area contributed by atoms with Gasteiger partial charge in [0.1, 0.15) is 0 Å². The third-order valence-corrected chi connectivity index (χ3v) is 6.07. The summed E-state index contributed by atoms with van der Waals surface area (Å²) in [5.41, 5.74) is 4.05. The van der Waals surface area contributed by atoms with Crippen molar-refractivity contribution in [3.8, 4) is 21.7 Å². The molecule has 0 aliphatic rings. The highest BCUT2D eigenvalue weighted by Gasteiger charge is 2.25. The molecule has 1 unspecified atom stereocenters. The van der Waals surface area contributed by atoms with Gasteiger partial charge in [0.15, 0.2) is 5.13 Å². The first kappa shape index (κ1) is 20.0. The molecule has 1 amide bonds. The lowest BCUT2D eigenvalue weighted by Crippen LogP contribution is -2.25. The molecule has 3 aromatic carbocycles. The molecule has 0 fully saturated rings. The van der Waals surface area contributed by atoms with E-state index in [1.165, 1.54) is 11.3 Å². The average molecular weight is 413 g/mol. The molecule has 0 spiro atoms. The normalized spacial score (nSPS) is 12.0. The van der Waals surface area contributed by atoms with Crippen molar-refractivity contribution in [1.82, 2.24) is 4.98 Å². The lowest BCUT2D eigenvalue weighted by atomic mass is 9.88. The second kappa shape index (κ2) is 9.06. The standard InChI is InChI=1S/C26H24N2OS/c1-18(2)22(19-12-6-3-7-13-19)25(29)28-26-27-23(20-14-8-4-9-15-20)24(30-26)21-16-10-5-11-17-21/h3-18,22H,1-2H3,(H,27,28,29). The highest BCUT2D eigenvalue weighted by Crippen LogP contribution is 2.39. The molecular weight excluding hydrogens is 388 g/mol. The number of anilines is 1. The van der Waals surface area contributed by atoms with Gasteiger partial charge in [0.25, 0.3) is 0 Å². The van der Waals surface area contributed by atoms with Crippen molar-refractivity contribution < 1.29 is 4.79 Å². The Labute approximate surface area is 181 Å². The number of rotatable bonds is 6. The van der Waals surface area contributed by atoms with Crippen molar-refractivity contribution in [2.45, 2.75) is 19.8 Å². The summed E-state index contributed by atoms with van der Waals surface area (Å²) in [6, 6.07) is 30.2. The van der Waals surface area contributed by atoms with E-state index in [0.717, 1.165) is 27.3 Å². The molecule has 4 rings (SSSR count). The number of benzene rings is 3. The maximum Gasteiger partial charge on any atom is 0.233 e. The Kier molecular flexibility index (Phi) is 6.05. The topological polar surface area (TPSA) is 42.0 Å². The number of hydrogen-bond donors (Lipinski definition) is 1. The zero-order valence-electron chi connectivity index (χ0n) is 17.1. The summed E-state index contributed by atoms with van der Waals surface area (Å²) in [4.78, 5) is 19.1. The van der Waals surface area contributed by atoms with Crippen LogP contribution in [0, 0.1) is 5.92 Å². The Bertz CT molecular complexity index is 1050. The summed E-state index contributed by atoms with van der Waals surface area (Å²) in [7, 11) is 0. The average Bonchev–Trinajstić information content (AvgIpc) is 3.19. The van der Waals surface area contributed by atoms with E-state index in [1.54, 1.807) is 0 Å². The molecule has 0 bridgehead atoms. The summed E-state index contributed by atoms with van der Waals surface area (Å²) in [5.74, 6) is -0.0748. The summed E-state index contributed by atoms with van der Waals surface area (Å²) < 4.78 is 0. The third kappa shape index (κ3) is 4.34. The quantitative estimate of drug-likeness (QED) is 0.376. The second-order valence-electron chi connectivity index (χ2n) is 7.55. The van der Waals surface area contributed by atoms with E-state index in [2.05, 4.69) is 31.3 Å². The van der Waals surface area contributed by atoms with Crippen LogP contribution in [0.1, 0.15) is 25.3 Å². The predicted molar refractivity (Wildman–Crippen MR) is 126 cm³/mol. The van der Waals surface area contributed by atoms with Crippen LogP contribution in [0.2, 0.25) is 0 Å². The van der Waals surface area contributed by atoms with E-state index in [0.29, 0.717) is 5.13 Å². The third-order valence-electron chi connectivity index (χ3n) is 5.05. The van der Waals surface area contributed by atoms with Gasteiger partial charge < -0.3 is 5.32 Å².